The minimum absolute atomic E-state index is 0.601. The lowest BCUT2D eigenvalue weighted by molar-refractivity contribution is 0.103. The van der Waals surface area contributed by atoms with E-state index in [2.05, 4.69) is 48.8 Å². The fourth-order valence-electron chi connectivity index (χ4n) is 1.60. The normalized spacial score (nSPS) is 11.7. The zero-order chi connectivity index (χ0) is 13.4. The summed E-state index contributed by atoms with van der Waals surface area (Å²) in [6, 6.07) is 0. The number of ether oxygens (including phenoxy) is 1. The van der Waals surface area contributed by atoms with E-state index in [4.69, 9.17) is 4.74 Å². The zero-order valence-electron chi connectivity index (χ0n) is 12.1. The maximum atomic E-state index is 5.56. The van der Waals surface area contributed by atoms with Crippen LogP contribution in [0, 0.1) is 11.8 Å². The number of imidazole rings is 1. The Bertz CT molecular complexity index is 321. The number of hydrogen-bond acceptors (Lipinski definition) is 3. The van der Waals surface area contributed by atoms with Crippen LogP contribution in [0.15, 0.2) is 12.5 Å². The van der Waals surface area contributed by atoms with Crippen molar-refractivity contribution in [1.29, 1.82) is 0 Å². The van der Waals surface area contributed by atoms with E-state index >= 15 is 0 Å². The Balaban J connectivity index is 2.17. The number of hydrogen-bond donors (Lipinski definition) is 1. The van der Waals surface area contributed by atoms with E-state index in [1.807, 2.05) is 6.33 Å². The van der Waals surface area contributed by atoms with Crippen LogP contribution in [0.5, 0.6) is 0 Å². The highest BCUT2D eigenvalue weighted by molar-refractivity contribution is 4.96. The Hall–Kier alpha value is -0.870. The third-order valence-corrected chi connectivity index (χ3v) is 2.49. The molecule has 0 aliphatic heterocycles. The molecular formula is C14H27N3O. The molecule has 0 saturated carbocycles. The molecular weight excluding hydrogens is 226 g/mol. The molecule has 0 spiro atoms. The van der Waals surface area contributed by atoms with Gasteiger partial charge < -0.3 is 14.6 Å². The topological polar surface area (TPSA) is 39.1 Å². The Morgan fingerprint density at radius 3 is 2.72 bits per heavy atom. The molecule has 0 aliphatic carbocycles. The number of nitrogens with one attached hydrogen (secondary N) is 1. The van der Waals surface area contributed by atoms with E-state index in [1.54, 1.807) is 0 Å². The molecule has 1 rings (SSSR count). The minimum atomic E-state index is 0.601. The molecule has 1 aromatic rings. The fourth-order valence-corrected chi connectivity index (χ4v) is 1.60. The van der Waals surface area contributed by atoms with Gasteiger partial charge in [-0.05, 0) is 18.4 Å². The Morgan fingerprint density at radius 2 is 2.06 bits per heavy atom. The smallest absolute Gasteiger partial charge is 0.0950 e. The molecule has 0 radical (unpaired) electrons. The summed E-state index contributed by atoms with van der Waals surface area (Å²) in [4.78, 5) is 4.37. The van der Waals surface area contributed by atoms with E-state index in [0.29, 0.717) is 11.8 Å². The van der Waals surface area contributed by atoms with Crippen LogP contribution in [0.4, 0.5) is 0 Å². The number of nitrogens with zero attached hydrogens (tertiary/aromatic N) is 2. The lowest BCUT2D eigenvalue weighted by Gasteiger charge is -2.07. The fraction of sp³-hybridized carbons (Fsp3) is 0.786. The van der Waals surface area contributed by atoms with Crippen molar-refractivity contribution >= 4 is 0 Å². The van der Waals surface area contributed by atoms with Gasteiger partial charge in [0.1, 0.15) is 0 Å². The van der Waals surface area contributed by atoms with E-state index in [-0.39, 0.29) is 0 Å². The van der Waals surface area contributed by atoms with Crippen LogP contribution >= 0.6 is 0 Å². The van der Waals surface area contributed by atoms with Gasteiger partial charge in [0.15, 0.2) is 0 Å². The molecule has 4 nitrogen and oxygen atoms in total. The van der Waals surface area contributed by atoms with Crippen molar-refractivity contribution in [1.82, 2.24) is 14.9 Å². The molecule has 0 unspecified atom stereocenters. The second-order valence-corrected chi connectivity index (χ2v) is 5.60. The molecule has 104 valence electrons. The molecule has 0 atom stereocenters. The van der Waals surface area contributed by atoms with Gasteiger partial charge in [0.05, 0.1) is 18.6 Å². The van der Waals surface area contributed by atoms with Gasteiger partial charge in [-0.2, -0.15) is 0 Å². The molecule has 0 amide bonds. The average molecular weight is 253 g/mol. The predicted molar refractivity (Wildman–Crippen MR) is 74.4 cm³/mol. The van der Waals surface area contributed by atoms with Crippen LogP contribution in [-0.4, -0.2) is 29.3 Å². The van der Waals surface area contributed by atoms with Crippen molar-refractivity contribution in [2.45, 2.75) is 40.8 Å². The van der Waals surface area contributed by atoms with Crippen molar-refractivity contribution in [3.05, 3.63) is 18.2 Å². The highest BCUT2D eigenvalue weighted by atomic mass is 16.5. The first kappa shape index (κ1) is 15.2. The third-order valence-electron chi connectivity index (χ3n) is 2.49. The van der Waals surface area contributed by atoms with Gasteiger partial charge in [-0.1, -0.05) is 27.7 Å². The van der Waals surface area contributed by atoms with Crippen molar-refractivity contribution in [2.75, 3.05) is 19.8 Å². The van der Waals surface area contributed by atoms with Crippen LogP contribution in [0.1, 0.15) is 33.4 Å². The van der Waals surface area contributed by atoms with Gasteiger partial charge in [-0.15, -0.1) is 0 Å². The van der Waals surface area contributed by atoms with Crippen molar-refractivity contribution in [3.63, 3.8) is 0 Å². The summed E-state index contributed by atoms with van der Waals surface area (Å²) in [6.45, 7) is 13.1. The molecule has 0 fully saturated rings. The predicted octanol–water partition coefficient (Wildman–Crippen LogP) is 2.30. The van der Waals surface area contributed by atoms with Gasteiger partial charge in [-0.25, -0.2) is 4.98 Å². The SMILES string of the molecule is CC(C)CNCc1cn(CCOCC(C)C)cn1. The summed E-state index contributed by atoms with van der Waals surface area (Å²) in [5, 5.41) is 3.39. The molecule has 0 bridgehead atoms. The first-order valence-corrected chi connectivity index (χ1v) is 6.87. The van der Waals surface area contributed by atoms with Gasteiger partial charge in [0.2, 0.25) is 0 Å². The van der Waals surface area contributed by atoms with Crippen molar-refractivity contribution in [3.8, 4) is 0 Å². The molecule has 0 saturated heterocycles. The van der Waals surface area contributed by atoms with E-state index in [1.165, 1.54) is 0 Å². The molecule has 1 N–H and O–H groups in total. The first-order chi connectivity index (χ1) is 8.58. The zero-order valence-corrected chi connectivity index (χ0v) is 12.1. The van der Waals surface area contributed by atoms with Gasteiger partial charge in [0, 0.05) is 25.9 Å². The van der Waals surface area contributed by atoms with Crippen LogP contribution < -0.4 is 5.32 Å². The van der Waals surface area contributed by atoms with E-state index in [9.17, 15) is 0 Å². The molecule has 0 aliphatic rings. The summed E-state index contributed by atoms with van der Waals surface area (Å²) >= 11 is 0. The second kappa shape index (κ2) is 8.27. The monoisotopic (exact) mass is 253 g/mol. The van der Waals surface area contributed by atoms with Gasteiger partial charge in [0.25, 0.3) is 0 Å². The number of aromatic nitrogens is 2. The maximum absolute atomic E-state index is 5.56. The number of rotatable bonds is 9. The highest BCUT2D eigenvalue weighted by Gasteiger charge is 2.00. The Morgan fingerprint density at radius 1 is 1.28 bits per heavy atom. The summed E-state index contributed by atoms with van der Waals surface area (Å²) < 4.78 is 7.65. The molecule has 1 heterocycles. The summed E-state index contributed by atoms with van der Waals surface area (Å²) in [5.41, 5.74) is 1.10. The van der Waals surface area contributed by atoms with Crippen LogP contribution in [0.2, 0.25) is 0 Å². The summed E-state index contributed by atoms with van der Waals surface area (Å²) in [6.07, 6.45) is 3.97. The second-order valence-electron chi connectivity index (χ2n) is 5.60. The Kier molecular flexibility index (Phi) is 6.98. The van der Waals surface area contributed by atoms with Crippen LogP contribution in [0.3, 0.4) is 0 Å². The van der Waals surface area contributed by atoms with Crippen LogP contribution in [-0.2, 0) is 17.8 Å². The summed E-state index contributed by atoms with van der Waals surface area (Å²) in [5.74, 6) is 1.28. The van der Waals surface area contributed by atoms with E-state index < -0.39 is 0 Å². The first-order valence-electron chi connectivity index (χ1n) is 6.87. The van der Waals surface area contributed by atoms with Crippen molar-refractivity contribution < 1.29 is 4.74 Å². The van der Waals surface area contributed by atoms with Crippen LogP contribution in [0.25, 0.3) is 0 Å². The average Bonchev–Trinajstić information content (AvgIpc) is 2.72. The Labute approximate surface area is 111 Å². The maximum Gasteiger partial charge on any atom is 0.0950 e. The minimum Gasteiger partial charge on any atom is -0.379 e. The summed E-state index contributed by atoms with van der Waals surface area (Å²) in [7, 11) is 0. The van der Waals surface area contributed by atoms with E-state index in [0.717, 1.165) is 38.5 Å². The van der Waals surface area contributed by atoms with Crippen molar-refractivity contribution in [2.24, 2.45) is 11.8 Å². The molecule has 18 heavy (non-hydrogen) atoms. The van der Waals surface area contributed by atoms with Gasteiger partial charge in [-0.3, -0.25) is 0 Å². The van der Waals surface area contributed by atoms with Gasteiger partial charge >= 0.3 is 0 Å². The quantitative estimate of drug-likeness (QED) is 0.686. The molecule has 0 aromatic carbocycles. The lowest BCUT2D eigenvalue weighted by Crippen LogP contribution is -2.19. The highest BCUT2D eigenvalue weighted by Crippen LogP contribution is 1.98. The largest absolute Gasteiger partial charge is 0.379 e. The third kappa shape index (κ3) is 6.77. The molecule has 4 heteroatoms. The standard InChI is InChI=1S/C14H27N3O/c1-12(2)7-15-8-14-9-17(11-16-14)5-6-18-10-13(3)4/h9,11-13,15H,5-8,10H2,1-4H3. The lowest BCUT2D eigenvalue weighted by atomic mass is 10.2. The molecule has 1 aromatic heterocycles.